The van der Waals surface area contributed by atoms with Crippen LogP contribution in [0, 0.1) is 5.82 Å². The van der Waals surface area contributed by atoms with E-state index in [1.807, 2.05) is 99.6 Å². The van der Waals surface area contributed by atoms with E-state index in [-0.39, 0.29) is 61.7 Å². The van der Waals surface area contributed by atoms with Gasteiger partial charge in [-0.3, -0.25) is 24.6 Å². The number of ether oxygens (including phenoxy) is 2. The van der Waals surface area contributed by atoms with Crippen molar-refractivity contribution in [3.8, 4) is 0 Å². The number of anilines is 4. The monoisotopic (exact) mass is 1280 g/mol. The van der Waals surface area contributed by atoms with E-state index in [2.05, 4.69) is 67.4 Å². The predicted octanol–water partition coefficient (Wildman–Crippen LogP) is 10.6. The van der Waals surface area contributed by atoms with E-state index >= 15 is 4.39 Å². The summed E-state index contributed by atoms with van der Waals surface area (Å²) in [4.78, 5) is 53.8. The molecule has 0 radical (unpaired) electrons. The van der Waals surface area contributed by atoms with Gasteiger partial charge in [0.2, 0.25) is 34.4 Å². The van der Waals surface area contributed by atoms with Crippen molar-refractivity contribution >= 4 is 68.4 Å². The van der Waals surface area contributed by atoms with Gasteiger partial charge in [-0.1, -0.05) is 121 Å². The Balaban J connectivity index is 0.759. The Hall–Kier alpha value is -8.59. The van der Waals surface area contributed by atoms with Gasteiger partial charge in [-0.05, 0) is 144 Å². The second-order valence-corrected chi connectivity index (χ2v) is 25.6. The molecule has 0 aliphatic carbocycles. The highest BCUT2D eigenvalue weighted by atomic mass is 32.1. The number of hydrogen-bond donors (Lipinski definition) is 7. The maximum absolute atomic E-state index is 15.7. The Morgan fingerprint density at radius 2 is 1.11 bits per heavy atom. The Morgan fingerprint density at radius 3 is 1.70 bits per heavy atom. The molecule has 0 spiro atoms. The number of amides is 4. The summed E-state index contributed by atoms with van der Waals surface area (Å²) < 4.78 is 27.2. The molecule has 0 saturated heterocycles. The molecule has 0 bridgehead atoms. The molecule has 0 aliphatic heterocycles. The highest BCUT2D eigenvalue weighted by Crippen LogP contribution is 2.27. The number of aliphatic hydroxyl groups excluding tert-OH is 2. The maximum atomic E-state index is 15.7. The molecule has 4 aromatic heterocycles. The van der Waals surface area contributed by atoms with Crippen molar-refractivity contribution in [2.45, 2.75) is 168 Å². The average Bonchev–Trinajstić information content (AvgIpc) is 2.27. The smallest absolute Gasteiger partial charge is 0.410 e. The van der Waals surface area contributed by atoms with Crippen LogP contribution in [-0.2, 0) is 81.9 Å². The van der Waals surface area contributed by atoms with Crippen molar-refractivity contribution in [2.75, 3.05) is 21.3 Å². The van der Waals surface area contributed by atoms with E-state index in [0.29, 0.717) is 64.3 Å². The van der Waals surface area contributed by atoms with Crippen molar-refractivity contribution in [3.05, 3.63) is 187 Å². The van der Waals surface area contributed by atoms with Crippen LogP contribution in [0.5, 0.6) is 0 Å². The largest absolute Gasteiger partial charge is 0.444 e. The SMILES string of the molecule is CC(C)NC(O)OC(C)c1cccc(CC(=O)Nc2nnc(CCCCc3ccc(NC(=O)Cc4cccc(CN(Cc5cc(C(C)C(O)Nc6ccc(CCCCc7nnc(NC(=O)Cc8ccccc8)s7)nn6)ccc5F)C(=O)OC(C)(C)C)c4)nn3)s2)c1. The third kappa shape index (κ3) is 23.0. The second kappa shape index (κ2) is 33.5. The topological polar surface area (TPSA) is 294 Å². The zero-order chi connectivity index (χ0) is 64.9. The molecule has 4 aromatic carbocycles. The molecule has 25 heteroatoms. The van der Waals surface area contributed by atoms with E-state index < -0.39 is 42.2 Å². The van der Waals surface area contributed by atoms with Gasteiger partial charge in [-0.25, -0.2) is 9.18 Å². The molecule has 4 atom stereocenters. The first kappa shape index (κ1) is 68.3. The Kier molecular flexibility index (Phi) is 25.1. The molecular weight excluding hydrogens is 1200 g/mol. The van der Waals surface area contributed by atoms with Crippen LogP contribution in [0.25, 0.3) is 0 Å². The number of nitrogens with one attached hydrogen (secondary N) is 5. The molecule has 4 unspecified atom stereocenters. The van der Waals surface area contributed by atoms with Crippen molar-refractivity contribution in [3.63, 3.8) is 0 Å². The van der Waals surface area contributed by atoms with Crippen LogP contribution >= 0.6 is 22.7 Å². The van der Waals surface area contributed by atoms with Crippen molar-refractivity contribution in [2.24, 2.45) is 0 Å². The van der Waals surface area contributed by atoms with Gasteiger partial charge < -0.3 is 41.0 Å². The number of rotatable bonds is 32. The molecule has 0 saturated carbocycles. The molecule has 4 amide bonds. The van der Waals surface area contributed by atoms with Gasteiger partial charge in [0.25, 0.3) is 0 Å². The van der Waals surface area contributed by atoms with Gasteiger partial charge in [-0.15, -0.1) is 30.6 Å². The number of aromatic nitrogens is 8. The highest BCUT2D eigenvalue weighted by Gasteiger charge is 2.26. The number of aliphatic hydroxyl groups is 2. The minimum absolute atomic E-state index is 0.00258. The predicted molar refractivity (Wildman–Crippen MR) is 347 cm³/mol. The normalized spacial score (nSPS) is 12.8. The molecule has 8 rings (SSSR count). The third-order valence-electron chi connectivity index (χ3n) is 14.2. The molecule has 7 N–H and O–H groups in total. The number of benzene rings is 4. The molecule has 4 heterocycles. The van der Waals surface area contributed by atoms with Gasteiger partial charge >= 0.3 is 6.09 Å². The fourth-order valence-corrected chi connectivity index (χ4v) is 11.2. The lowest BCUT2D eigenvalue weighted by atomic mass is 9.96. The lowest BCUT2D eigenvalue weighted by Crippen LogP contribution is -2.37. The second-order valence-electron chi connectivity index (χ2n) is 23.5. The molecule has 91 heavy (non-hydrogen) atoms. The van der Waals surface area contributed by atoms with Crippen LogP contribution in [0.15, 0.2) is 121 Å². The summed E-state index contributed by atoms with van der Waals surface area (Å²) in [6, 6.07) is 35.9. The Morgan fingerprint density at radius 1 is 0.560 bits per heavy atom. The zero-order valence-electron chi connectivity index (χ0n) is 52.2. The van der Waals surface area contributed by atoms with Gasteiger partial charge in [0.05, 0.1) is 43.3 Å². The molecule has 8 aromatic rings. The number of halogens is 1. The minimum atomic E-state index is -1.13. The first-order chi connectivity index (χ1) is 43.6. The van der Waals surface area contributed by atoms with Crippen molar-refractivity contribution in [1.82, 2.24) is 51.0 Å². The Labute approximate surface area is 537 Å². The summed E-state index contributed by atoms with van der Waals surface area (Å²) in [6.07, 6.45) is 3.05. The fourth-order valence-electron chi connectivity index (χ4n) is 9.56. The van der Waals surface area contributed by atoms with E-state index in [0.717, 1.165) is 63.8 Å². The van der Waals surface area contributed by atoms with Crippen LogP contribution < -0.4 is 26.6 Å². The summed E-state index contributed by atoms with van der Waals surface area (Å²) in [5, 5.41) is 72.3. The molecule has 0 fully saturated rings. The standard InChI is InChI=1S/C66H79FN14O8S2/c1-41(2)68-64(86)88-43(4)49-22-16-20-46(34-49)37-58(84)72-63-80-78-60(91-63)26-13-11-23-51-28-31-54(75-73-51)69-56(82)36-45-19-15-21-47(33-45)39-81(65(87)89-66(5,6)7)40-50-38-48(27-30-53(50)67)42(3)61(85)70-55-32-29-52(74-76-55)24-12-14-25-59-77-79-62(90-59)71-57(83)35-44-17-9-8-10-18-44/h8-10,15-22,27-34,38,41-43,61,64,68,85-86H,11-14,23-26,35-37,39-40H2,1-7H3,(H,70,76)(H,69,75,82)(H,71,79,83)(H,72,80,84). The zero-order valence-corrected chi connectivity index (χ0v) is 53.8. The first-order valence-electron chi connectivity index (χ1n) is 30.4. The quantitative estimate of drug-likeness (QED) is 0.0152. The highest BCUT2D eigenvalue weighted by molar-refractivity contribution is 7.15. The van der Waals surface area contributed by atoms with E-state index in [1.54, 1.807) is 64.1 Å². The van der Waals surface area contributed by atoms with Gasteiger partial charge in [0, 0.05) is 36.9 Å². The van der Waals surface area contributed by atoms with Crippen LogP contribution in [0.4, 0.5) is 31.1 Å². The molecule has 0 aliphatic rings. The van der Waals surface area contributed by atoms with E-state index in [4.69, 9.17) is 9.47 Å². The molecule has 22 nitrogen and oxygen atoms in total. The summed E-state index contributed by atoms with van der Waals surface area (Å²) in [5.74, 6) is -1.11. The number of carbonyl (C=O) groups is 4. The number of unbranched alkanes of at least 4 members (excludes halogenated alkanes) is 2. The summed E-state index contributed by atoms with van der Waals surface area (Å²) >= 11 is 2.69. The van der Waals surface area contributed by atoms with Gasteiger partial charge in [0.1, 0.15) is 27.7 Å². The third-order valence-corrected chi connectivity index (χ3v) is 16.0. The van der Waals surface area contributed by atoms with E-state index in [9.17, 15) is 29.4 Å². The number of aryl methyl sites for hydroxylation is 4. The van der Waals surface area contributed by atoms with E-state index in [1.165, 1.54) is 33.6 Å². The Bertz CT molecular complexity index is 3650. The molecule has 480 valence electrons. The minimum Gasteiger partial charge on any atom is -0.444 e. The average molecular weight is 1280 g/mol. The summed E-state index contributed by atoms with van der Waals surface area (Å²) in [5.41, 5.74) is 5.42. The van der Waals surface area contributed by atoms with Crippen molar-refractivity contribution in [1.29, 1.82) is 0 Å². The molecular formula is C66H79FN14O8S2. The summed E-state index contributed by atoms with van der Waals surface area (Å²) in [6.45, 7) is 12.6. The van der Waals surface area contributed by atoms with Crippen LogP contribution in [0.1, 0.15) is 147 Å². The first-order valence-corrected chi connectivity index (χ1v) is 32.0. The fraction of sp³-hybridized carbons (Fsp3) is 0.394. The number of carbonyl (C=O) groups excluding carboxylic acids is 4. The van der Waals surface area contributed by atoms with Gasteiger partial charge in [-0.2, -0.15) is 10.2 Å². The van der Waals surface area contributed by atoms with Gasteiger partial charge in [0.15, 0.2) is 11.6 Å². The summed E-state index contributed by atoms with van der Waals surface area (Å²) in [7, 11) is 0. The van der Waals surface area contributed by atoms with Crippen LogP contribution in [0.3, 0.4) is 0 Å². The number of hydrogen-bond acceptors (Lipinski definition) is 20. The number of nitrogens with zero attached hydrogens (tertiary/aromatic N) is 9. The van der Waals surface area contributed by atoms with Crippen molar-refractivity contribution < 1.29 is 43.3 Å². The van der Waals surface area contributed by atoms with Crippen LogP contribution in [-0.4, -0.2) is 104 Å². The lowest BCUT2D eigenvalue weighted by molar-refractivity contribution is -0.154. The lowest BCUT2D eigenvalue weighted by Gasteiger charge is -2.28. The van der Waals surface area contributed by atoms with Crippen LogP contribution in [0.2, 0.25) is 0 Å². The maximum Gasteiger partial charge on any atom is 0.410 e.